The monoisotopic (exact) mass is 420 g/mol. The smallest absolute Gasteiger partial charge is 0.356 e. The molecule has 3 rings (SSSR count). The normalized spacial score (nSPS) is 11.4. The summed E-state index contributed by atoms with van der Waals surface area (Å²) in [6, 6.07) is 9.06. The first-order valence-corrected chi connectivity index (χ1v) is 10.0. The number of carboxylic acids is 1. The predicted molar refractivity (Wildman–Crippen MR) is 113 cm³/mol. The van der Waals surface area contributed by atoms with Crippen LogP contribution < -0.4 is 0 Å². The number of carboxylic acid groups (broad SMARTS) is 1. The van der Waals surface area contributed by atoms with Gasteiger partial charge >= 0.3 is 5.97 Å². The Morgan fingerprint density at radius 2 is 2.07 bits per heavy atom. The lowest BCUT2D eigenvalue weighted by atomic mass is 10.1. The predicted octanol–water partition coefficient (Wildman–Crippen LogP) is 6.73. The number of benzene rings is 1. The van der Waals surface area contributed by atoms with Crippen molar-refractivity contribution in [2.45, 2.75) is 26.7 Å². The zero-order valence-corrected chi connectivity index (χ0v) is 17.2. The number of allylic oxidation sites excluding steroid dienone is 1. The van der Waals surface area contributed by atoms with Gasteiger partial charge < -0.3 is 5.11 Å². The highest BCUT2D eigenvalue weighted by Crippen LogP contribution is 2.36. The highest BCUT2D eigenvalue weighted by atomic mass is 35.5. The molecular formula is C20H18Cl2N2O2S. The fraction of sp³-hybridized carbons (Fsp3) is 0.200. The number of halogens is 2. The molecule has 0 spiro atoms. The number of carbonyl (C=O) groups is 1. The molecule has 1 N–H and O–H groups in total. The van der Waals surface area contributed by atoms with Crippen molar-refractivity contribution in [1.29, 1.82) is 0 Å². The minimum atomic E-state index is -1.07. The van der Waals surface area contributed by atoms with E-state index in [0.717, 1.165) is 28.3 Å². The summed E-state index contributed by atoms with van der Waals surface area (Å²) in [4.78, 5) is 13.7. The van der Waals surface area contributed by atoms with Gasteiger partial charge in [0.05, 0.1) is 21.3 Å². The number of hydrogen-bond donors (Lipinski definition) is 1. The molecule has 0 aliphatic heterocycles. The first-order valence-electron chi connectivity index (χ1n) is 8.47. The molecule has 3 aromatic rings. The maximum absolute atomic E-state index is 11.6. The van der Waals surface area contributed by atoms with Crippen LogP contribution in [0.4, 0.5) is 0 Å². The number of rotatable bonds is 6. The minimum Gasteiger partial charge on any atom is -0.476 e. The molecule has 7 heteroatoms. The van der Waals surface area contributed by atoms with Crippen LogP contribution in [0.5, 0.6) is 0 Å². The zero-order valence-electron chi connectivity index (χ0n) is 14.9. The number of aromatic nitrogens is 2. The lowest BCUT2D eigenvalue weighted by molar-refractivity contribution is 0.0689. The number of nitrogens with zero attached hydrogens (tertiary/aromatic N) is 2. The van der Waals surface area contributed by atoms with E-state index in [1.165, 1.54) is 0 Å². The maximum atomic E-state index is 11.6. The van der Waals surface area contributed by atoms with Crippen molar-refractivity contribution in [2.24, 2.45) is 0 Å². The molecule has 4 nitrogen and oxygen atoms in total. The summed E-state index contributed by atoms with van der Waals surface area (Å²) >= 11 is 13.9. The fourth-order valence-electron chi connectivity index (χ4n) is 2.75. The Morgan fingerprint density at radius 3 is 2.74 bits per heavy atom. The van der Waals surface area contributed by atoms with Crippen molar-refractivity contribution in [2.75, 3.05) is 0 Å². The lowest BCUT2D eigenvalue weighted by Gasteiger charge is -2.09. The maximum Gasteiger partial charge on any atom is 0.356 e. The summed E-state index contributed by atoms with van der Waals surface area (Å²) in [5, 5.41) is 14.7. The molecule has 0 amide bonds. The first-order chi connectivity index (χ1) is 12.9. The van der Waals surface area contributed by atoms with Gasteiger partial charge in [0.15, 0.2) is 5.69 Å². The molecule has 2 aromatic heterocycles. The van der Waals surface area contributed by atoms with Crippen molar-refractivity contribution in [1.82, 2.24) is 9.78 Å². The van der Waals surface area contributed by atoms with E-state index in [1.807, 2.05) is 12.1 Å². The molecule has 0 bridgehead atoms. The van der Waals surface area contributed by atoms with Crippen LogP contribution in [0.2, 0.25) is 10.0 Å². The van der Waals surface area contributed by atoms with E-state index in [0.29, 0.717) is 21.3 Å². The Hall–Kier alpha value is -2.08. The van der Waals surface area contributed by atoms with Crippen molar-refractivity contribution in [3.8, 4) is 16.3 Å². The third kappa shape index (κ3) is 4.10. The molecule has 0 aliphatic carbocycles. The van der Waals surface area contributed by atoms with Crippen LogP contribution in [0.25, 0.3) is 22.3 Å². The highest BCUT2D eigenvalue weighted by Gasteiger charge is 2.23. The van der Waals surface area contributed by atoms with Crippen LogP contribution in [0.15, 0.2) is 36.4 Å². The number of unbranched alkanes of at least 4 members (excludes halogenated alkanes) is 1. The van der Waals surface area contributed by atoms with E-state index >= 15 is 0 Å². The summed E-state index contributed by atoms with van der Waals surface area (Å²) in [7, 11) is 0. The molecule has 0 radical (unpaired) electrons. The van der Waals surface area contributed by atoms with E-state index in [1.54, 1.807) is 41.1 Å². The van der Waals surface area contributed by atoms with Gasteiger partial charge in [-0.1, -0.05) is 42.6 Å². The van der Waals surface area contributed by atoms with Gasteiger partial charge in [-0.3, -0.25) is 0 Å². The van der Waals surface area contributed by atoms with Crippen LogP contribution in [0, 0.1) is 6.92 Å². The Labute approximate surface area is 171 Å². The second kappa shape index (κ2) is 8.30. The first kappa shape index (κ1) is 19.7. The summed E-state index contributed by atoms with van der Waals surface area (Å²) < 4.78 is 1.59. The van der Waals surface area contributed by atoms with E-state index in [2.05, 4.69) is 24.2 Å². The van der Waals surface area contributed by atoms with E-state index < -0.39 is 5.97 Å². The third-order valence-electron chi connectivity index (χ3n) is 4.06. The number of thiophene rings is 1. The minimum absolute atomic E-state index is 0.00694. The van der Waals surface area contributed by atoms with Crippen LogP contribution in [-0.2, 0) is 0 Å². The molecule has 0 fully saturated rings. The quantitative estimate of drug-likeness (QED) is 0.480. The van der Waals surface area contributed by atoms with E-state index in [9.17, 15) is 9.90 Å². The summed E-state index contributed by atoms with van der Waals surface area (Å²) in [5.41, 5.74) is 1.91. The second-order valence-corrected chi connectivity index (χ2v) is 7.99. The average molecular weight is 421 g/mol. The number of aromatic carboxylic acids is 1. The topological polar surface area (TPSA) is 55.1 Å². The Morgan fingerprint density at radius 1 is 1.30 bits per heavy atom. The Bertz CT molecular complexity index is 1020. The third-order valence-corrected chi connectivity index (χ3v) is 5.66. The lowest BCUT2D eigenvalue weighted by Crippen LogP contribution is -2.02. The van der Waals surface area contributed by atoms with Crippen molar-refractivity contribution >= 4 is 46.6 Å². The SMILES string of the molecule is CCC/C=C/c1ccc(-c2c(C)c(C(=O)O)nn2-c2ccc(Cl)cc2Cl)s1. The van der Waals surface area contributed by atoms with E-state index in [-0.39, 0.29) is 5.69 Å². The Balaban J connectivity index is 2.15. The van der Waals surface area contributed by atoms with Crippen molar-refractivity contribution < 1.29 is 9.90 Å². The van der Waals surface area contributed by atoms with Gasteiger partial charge in [0.25, 0.3) is 0 Å². The molecule has 140 valence electrons. The van der Waals surface area contributed by atoms with E-state index in [4.69, 9.17) is 23.2 Å². The summed E-state index contributed by atoms with van der Waals surface area (Å²) in [5.74, 6) is -1.07. The molecule has 0 atom stereocenters. The molecule has 27 heavy (non-hydrogen) atoms. The van der Waals surface area contributed by atoms with Gasteiger partial charge in [-0.2, -0.15) is 5.10 Å². The van der Waals surface area contributed by atoms with Gasteiger partial charge in [-0.15, -0.1) is 11.3 Å². The van der Waals surface area contributed by atoms with Gasteiger partial charge in [-0.25, -0.2) is 9.48 Å². The molecule has 1 aromatic carbocycles. The molecule has 0 aliphatic rings. The highest BCUT2D eigenvalue weighted by molar-refractivity contribution is 7.16. The fourth-order valence-corrected chi connectivity index (χ4v) is 4.27. The van der Waals surface area contributed by atoms with Crippen LogP contribution >= 0.6 is 34.5 Å². The summed E-state index contributed by atoms with van der Waals surface area (Å²) in [6.45, 7) is 3.90. The van der Waals surface area contributed by atoms with Crippen LogP contribution in [0.3, 0.4) is 0 Å². The van der Waals surface area contributed by atoms with Crippen molar-refractivity contribution in [3.05, 3.63) is 62.6 Å². The van der Waals surface area contributed by atoms with Crippen LogP contribution in [-0.4, -0.2) is 20.9 Å². The van der Waals surface area contributed by atoms with Gasteiger partial charge in [0.1, 0.15) is 0 Å². The number of hydrogen-bond acceptors (Lipinski definition) is 3. The molecular weight excluding hydrogens is 403 g/mol. The molecule has 2 heterocycles. The second-order valence-electron chi connectivity index (χ2n) is 6.03. The standard InChI is InChI=1S/C20H18Cl2N2O2S/c1-3-4-5-6-14-8-10-17(27-14)19-12(2)18(20(25)26)23-24(19)16-9-7-13(21)11-15(16)22/h5-11H,3-4H2,1-2H3,(H,25,26)/b6-5+. The van der Waals surface area contributed by atoms with Gasteiger partial charge in [0.2, 0.25) is 0 Å². The van der Waals surface area contributed by atoms with Gasteiger partial charge in [0, 0.05) is 15.5 Å². The van der Waals surface area contributed by atoms with Crippen LogP contribution in [0.1, 0.15) is 40.7 Å². The van der Waals surface area contributed by atoms with Crippen molar-refractivity contribution in [3.63, 3.8) is 0 Å². The Kier molecular flexibility index (Phi) is 6.05. The molecule has 0 saturated heterocycles. The largest absolute Gasteiger partial charge is 0.476 e. The summed E-state index contributed by atoms with van der Waals surface area (Å²) in [6.07, 6.45) is 6.34. The average Bonchev–Trinajstić information content (AvgIpc) is 3.19. The molecule has 0 saturated carbocycles. The molecule has 0 unspecified atom stereocenters. The van der Waals surface area contributed by atoms with Gasteiger partial charge in [-0.05, 0) is 49.8 Å². The zero-order chi connectivity index (χ0) is 19.6.